The molecule has 0 atom stereocenters. The second kappa shape index (κ2) is 7.90. The fourth-order valence-corrected chi connectivity index (χ4v) is 5.59. The van der Waals surface area contributed by atoms with E-state index >= 15 is 0 Å². The van der Waals surface area contributed by atoms with Crippen LogP contribution in [0.3, 0.4) is 0 Å². The van der Waals surface area contributed by atoms with Gasteiger partial charge in [0.2, 0.25) is 10.0 Å². The molecule has 0 radical (unpaired) electrons. The molecule has 1 fully saturated rings. The Bertz CT molecular complexity index is 1340. The number of carbonyl (C=O) groups excluding carboxylic acids is 1. The number of amides is 1. The van der Waals surface area contributed by atoms with Crippen LogP contribution in [0.15, 0.2) is 52.2 Å². The van der Waals surface area contributed by atoms with Crippen LogP contribution in [0.5, 0.6) is 0 Å². The first kappa shape index (κ1) is 21.2. The maximum absolute atomic E-state index is 13.2. The second-order valence-electron chi connectivity index (χ2n) is 7.79. The summed E-state index contributed by atoms with van der Waals surface area (Å²) in [5.41, 5.74) is 1.64. The van der Waals surface area contributed by atoms with E-state index in [0.29, 0.717) is 21.2 Å². The molecule has 9 heteroatoms. The second-order valence-corrected chi connectivity index (χ2v) is 9.69. The van der Waals surface area contributed by atoms with Crippen molar-refractivity contribution >= 4 is 26.7 Å². The fourth-order valence-electron chi connectivity index (χ4n) is 3.97. The fraction of sp³-hybridized carbons (Fsp3) is 0.318. The van der Waals surface area contributed by atoms with Crippen LogP contribution in [0.25, 0.3) is 10.8 Å². The highest BCUT2D eigenvalue weighted by molar-refractivity contribution is 7.89. The number of benzene rings is 2. The Morgan fingerprint density at radius 3 is 2.26 bits per heavy atom. The summed E-state index contributed by atoms with van der Waals surface area (Å²) in [7, 11) is -2.12. The molecule has 162 valence electrons. The van der Waals surface area contributed by atoms with Gasteiger partial charge < -0.3 is 4.90 Å². The number of sulfonamides is 1. The Morgan fingerprint density at radius 1 is 0.968 bits per heavy atom. The molecular formula is C22H24N4O4S. The molecule has 0 aliphatic carbocycles. The number of piperazine rings is 1. The Morgan fingerprint density at radius 2 is 1.61 bits per heavy atom. The van der Waals surface area contributed by atoms with E-state index in [9.17, 15) is 18.0 Å². The molecule has 2 heterocycles. The van der Waals surface area contributed by atoms with Crippen LogP contribution in [-0.4, -0.2) is 59.5 Å². The molecule has 0 N–H and O–H groups in total. The van der Waals surface area contributed by atoms with Crippen LogP contribution in [0.2, 0.25) is 0 Å². The van der Waals surface area contributed by atoms with Gasteiger partial charge >= 0.3 is 0 Å². The van der Waals surface area contributed by atoms with E-state index in [0.717, 1.165) is 10.2 Å². The molecule has 31 heavy (non-hydrogen) atoms. The summed E-state index contributed by atoms with van der Waals surface area (Å²) in [5, 5.41) is 5.12. The van der Waals surface area contributed by atoms with Crippen LogP contribution in [0.1, 0.15) is 21.6 Å². The summed E-state index contributed by atoms with van der Waals surface area (Å²) in [6.07, 6.45) is 0. The van der Waals surface area contributed by atoms with Gasteiger partial charge in [0.15, 0.2) is 5.69 Å². The van der Waals surface area contributed by atoms with E-state index in [2.05, 4.69) is 5.10 Å². The lowest BCUT2D eigenvalue weighted by Gasteiger charge is -2.34. The van der Waals surface area contributed by atoms with Gasteiger partial charge in [0.25, 0.3) is 11.5 Å². The average Bonchev–Trinajstić information content (AvgIpc) is 2.75. The Labute approximate surface area is 180 Å². The Balaban J connectivity index is 1.57. The van der Waals surface area contributed by atoms with Gasteiger partial charge in [-0.3, -0.25) is 9.59 Å². The third-order valence-electron chi connectivity index (χ3n) is 5.63. The SMILES string of the molecule is Cc1ccc(S(=O)(=O)N2CCN(C(=O)c3nn(C)c(=O)c4ccccc34)CC2)c(C)c1. The minimum absolute atomic E-state index is 0.198. The smallest absolute Gasteiger partial charge is 0.275 e. The van der Waals surface area contributed by atoms with E-state index in [1.807, 2.05) is 13.0 Å². The zero-order chi connectivity index (χ0) is 22.3. The summed E-state index contributed by atoms with van der Waals surface area (Å²) in [6.45, 7) is 4.61. The minimum Gasteiger partial charge on any atom is -0.335 e. The Hall–Kier alpha value is -3.04. The third-order valence-corrected chi connectivity index (χ3v) is 7.69. The first-order valence-electron chi connectivity index (χ1n) is 10.0. The van der Waals surface area contributed by atoms with Crippen LogP contribution in [-0.2, 0) is 17.1 Å². The van der Waals surface area contributed by atoms with Crippen LogP contribution in [0.4, 0.5) is 0 Å². The predicted molar refractivity (Wildman–Crippen MR) is 118 cm³/mol. The molecule has 0 bridgehead atoms. The summed E-state index contributed by atoms with van der Waals surface area (Å²) in [4.78, 5) is 27.4. The van der Waals surface area contributed by atoms with Crippen molar-refractivity contribution in [2.75, 3.05) is 26.2 Å². The largest absolute Gasteiger partial charge is 0.335 e. The van der Waals surface area contributed by atoms with Gasteiger partial charge in [-0.05, 0) is 31.5 Å². The molecule has 8 nitrogen and oxygen atoms in total. The number of aromatic nitrogens is 2. The van der Waals surface area contributed by atoms with Gasteiger partial charge in [-0.1, -0.05) is 35.9 Å². The van der Waals surface area contributed by atoms with Crippen molar-refractivity contribution in [3.05, 3.63) is 69.6 Å². The monoisotopic (exact) mass is 440 g/mol. The van der Waals surface area contributed by atoms with Crippen molar-refractivity contribution in [2.24, 2.45) is 7.05 Å². The summed E-state index contributed by atoms with van der Waals surface area (Å²) < 4.78 is 28.8. The van der Waals surface area contributed by atoms with Crippen LogP contribution >= 0.6 is 0 Å². The Kier molecular flexibility index (Phi) is 5.40. The molecule has 1 aromatic heterocycles. The van der Waals surface area contributed by atoms with Crippen molar-refractivity contribution < 1.29 is 13.2 Å². The maximum Gasteiger partial charge on any atom is 0.275 e. The van der Waals surface area contributed by atoms with Gasteiger partial charge in [-0.2, -0.15) is 9.40 Å². The highest BCUT2D eigenvalue weighted by Gasteiger charge is 2.32. The predicted octanol–water partition coefficient (Wildman–Crippen LogP) is 1.70. The molecule has 4 rings (SSSR count). The third kappa shape index (κ3) is 3.75. The molecule has 1 aliphatic heterocycles. The van der Waals surface area contributed by atoms with E-state index < -0.39 is 10.0 Å². The zero-order valence-corrected chi connectivity index (χ0v) is 18.5. The van der Waals surface area contributed by atoms with E-state index in [4.69, 9.17) is 0 Å². The van der Waals surface area contributed by atoms with Gasteiger partial charge in [0.05, 0.1) is 10.3 Å². The normalized spacial score (nSPS) is 15.4. The number of nitrogens with zero attached hydrogens (tertiary/aromatic N) is 4. The standard InChI is InChI=1S/C22H24N4O4S/c1-15-8-9-19(16(2)14-15)31(29,30)26-12-10-25(11-13-26)22(28)20-17-6-4-5-7-18(17)21(27)24(3)23-20/h4-9,14H,10-13H2,1-3H3. The van der Waals surface area contributed by atoms with E-state index in [1.54, 1.807) is 48.2 Å². The number of carbonyl (C=O) groups is 1. The number of rotatable bonds is 3. The highest BCUT2D eigenvalue weighted by Crippen LogP contribution is 2.23. The number of hydrogen-bond donors (Lipinski definition) is 0. The van der Waals surface area contributed by atoms with Crippen molar-refractivity contribution in [1.82, 2.24) is 19.0 Å². The molecule has 2 aromatic carbocycles. The topological polar surface area (TPSA) is 92.6 Å². The van der Waals surface area contributed by atoms with Gasteiger partial charge in [-0.15, -0.1) is 0 Å². The molecule has 0 spiro atoms. The molecule has 1 amide bonds. The highest BCUT2D eigenvalue weighted by atomic mass is 32.2. The van der Waals surface area contributed by atoms with Gasteiger partial charge in [-0.25, -0.2) is 13.1 Å². The molecular weight excluding hydrogens is 416 g/mol. The van der Waals surface area contributed by atoms with Crippen molar-refractivity contribution in [3.63, 3.8) is 0 Å². The first-order chi connectivity index (χ1) is 14.7. The lowest BCUT2D eigenvalue weighted by molar-refractivity contribution is 0.0691. The molecule has 1 aliphatic rings. The molecule has 1 saturated heterocycles. The molecule has 3 aromatic rings. The van der Waals surface area contributed by atoms with E-state index in [-0.39, 0.29) is 43.3 Å². The van der Waals surface area contributed by atoms with Crippen molar-refractivity contribution in [2.45, 2.75) is 18.7 Å². The lowest BCUT2D eigenvalue weighted by Crippen LogP contribution is -2.51. The van der Waals surface area contributed by atoms with Gasteiger partial charge in [0.1, 0.15) is 0 Å². The number of aryl methyl sites for hydroxylation is 3. The van der Waals surface area contributed by atoms with Crippen LogP contribution in [0, 0.1) is 13.8 Å². The van der Waals surface area contributed by atoms with Crippen molar-refractivity contribution in [1.29, 1.82) is 0 Å². The zero-order valence-electron chi connectivity index (χ0n) is 17.7. The summed E-state index contributed by atoms with van der Waals surface area (Å²) in [5.74, 6) is -0.310. The van der Waals surface area contributed by atoms with E-state index in [1.165, 1.54) is 11.4 Å². The lowest BCUT2D eigenvalue weighted by atomic mass is 10.1. The molecule has 0 saturated carbocycles. The van der Waals surface area contributed by atoms with Crippen LogP contribution < -0.4 is 5.56 Å². The average molecular weight is 441 g/mol. The minimum atomic E-state index is -3.64. The number of hydrogen-bond acceptors (Lipinski definition) is 5. The van der Waals surface area contributed by atoms with Crippen molar-refractivity contribution in [3.8, 4) is 0 Å². The number of fused-ring (bicyclic) bond motifs is 1. The van der Waals surface area contributed by atoms with Gasteiger partial charge in [0, 0.05) is 38.6 Å². The summed E-state index contributed by atoms with van der Waals surface area (Å²) in [6, 6.07) is 12.2. The molecule has 0 unspecified atom stereocenters. The maximum atomic E-state index is 13.2. The first-order valence-corrected chi connectivity index (χ1v) is 11.5. The summed E-state index contributed by atoms with van der Waals surface area (Å²) >= 11 is 0. The quantitative estimate of drug-likeness (QED) is 0.618.